The SMILES string of the molecule is Cc1sc2ncnc(N3CCCCC3)c2c1C(=O)NCc1ccccc1F. The summed E-state index contributed by atoms with van der Waals surface area (Å²) in [5.74, 6) is 0.303. The van der Waals surface area contributed by atoms with E-state index in [1.807, 2.05) is 6.92 Å². The summed E-state index contributed by atoms with van der Waals surface area (Å²) < 4.78 is 13.8. The number of piperidine rings is 1. The maximum atomic E-state index is 13.8. The van der Waals surface area contributed by atoms with Crippen LogP contribution < -0.4 is 10.2 Å². The Morgan fingerprint density at radius 2 is 2.00 bits per heavy atom. The number of carbonyl (C=O) groups excluding carboxylic acids is 1. The third-order valence-electron chi connectivity index (χ3n) is 4.92. The molecule has 3 aromatic rings. The van der Waals surface area contributed by atoms with Crippen LogP contribution in [0.4, 0.5) is 10.2 Å². The predicted molar refractivity (Wildman–Crippen MR) is 106 cm³/mol. The van der Waals surface area contributed by atoms with Crippen molar-refractivity contribution < 1.29 is 9.18 Å². The van der Waals surface area contributed by atoms with Gasteiger partial charge in [-0.3, -0.25) is 4.79 Å². The summed E-state index contributed by atoms with van der Waals surface area (Å²) in [5, 5.41) is 3.67. The second kappa shape index (κ2) is 7.60. The number of aromatic nitrogens is 2. The van der Waals surface area contributed by atoms with Crippen molar-refractivity contribution in [1.29, 1.82) is 0 Å². The standard InChI is InChI=1S/C20H21FN4OS/c1-13-16(19(26)22-11-14-7-3-4-8-15(14)21)17-18(23-12-24-20(17)27-13)25-9-5-2-6-10-25/h3-4,7-8,12H,2,5-6,9-11H2,1H3,(H,22,26). The highest BCUT2D eigenvalue weighted by atomic mass is 32.1. The molecule has 1 aliphatic heterocycles. The molecule has 0 saturated carbocycles. The fourth-order valence-corrected chi connectivity index (χ4v) is 4.54. The van der Waals surface area contributed by atoms with Gasteiger partial charge < -0.3 is 10.2 Å². The molecule has 2 aromatic heterocycles. The van der Waals surface area contributed by atoms with Crippen molar-refractivity contribution in [1.82, 2.24) is 15.3 Å². The topological polar surface area (TPSA) is 58.1 Å². The molecule has 0 atom stereocenters. The number of rotatable bonds is 4. The Bertz CT molecular complexity index is 981. The predicted octanol–water partition coefficient (Wildman–Crippen LogP) is 4.06. The number of anilines is 1. The van der Waals surface area contributed by atoms with Gasteiger partial charge in [0.05, 0.1) is 10.9 Å². The molecule has 140 valence electrons. The van der Waals surface area contributed by atoms with Gasteiger partial charge in [0.15, 0.2) is 0 Å². The van der Waals surface area contributed by atoms with Crippen LogP contribution in [0.15, 0.2) is 30.6 Å². The molecule has 5 nitrogen and oxygen atoms in total. The van der Waals surface area contributed by atoms with Crippen LogP contribution in [0, 0.1) is 12.7 Å². The summed E-state index contributed by atoms with van der Waals surface area (Å²) in [4.78, 5) is 25.8. The monoisotopic (exact) mass is 384 g/mol. The minimum atomic E-state index is -0.318. The van der Waals surface area contributed by atoms with Crippen molar-refractivity contribution in [2.75, 3.05) is 18.0 Å². The number of carbonyl (C=O) groups is 1. The molecule has 1 aromatic carbocycles. The Morgan fingerprint density at radius 3 is 2.78 bits per heavy atom. The maximum absolute atomic E-state index is 13.8. The lowest BCUT2D eigenvalue weighted by molar-refractivity contribution is 0.0952. The number of nitrogens with one attached hydrogen (secondary N) is 1. The number of nitrogens with zero attached hydrogens (tertiary/aromatic N) is 3. The van der Waals surface area contributed by atoms with E-state index in [9.17, 15) is 9.18 Å². The molecule has 27 heavy (non-hydrogen) atoms. The fraction of sp³-hybridized carbons (Fsp3) is 0.350. The molecule has 1 N–H and O–H groups in total. The smallest absolute Gasteiger partial charge is 0.253 e. The van der Waals surface area contributed by atoms with Crippen LogP contribution in [0.1, 0.15) is 40.1 Å². The van der Waals surface area contributed by atoms with Gasteiger partial charge >= 0.3 is 0 Å². The highest BCUT2D eigenvalue weighted by Crippen LogP contribution is 2.35. The molecule has 0 radical (unpaired) electrons. The van der Waals surface area contributed by atoms with Crippen molar-refractivity contribution in [3.8, 4) is 0 Å². The second-order valence-corrected chi connectivity index (χ2v) is 7.94. The average Bonchev–Trinajstić information content (AvgIpc) is 3.03. The lowest BCUT2D eigenvalue weighted by Crippen LogP contribution is -2.31. The largest absolute Gasteiger partial charge is 0.356 e. The third-order valence-corrected chi connectivity index (χ3v) is 5.94. The van der Waals surface area contributed by atoms with Gasteiger partial charge in [0, 0.05) is 30.1 Å². The molecular weight excluding hydrogens is 363 g/mol. The highest BCUT2D eigenvalue weighted by Gasteiger charge is 2.24. The van der Waals surface area contributed by atoms with Gasteiger partial charge in [-0.1, -0.05) is 18.2 Å². The van der Waals surface area contributed by atoms with E-state index in [1.54, 1.807) is 24.5 Å². The first kappa shape index (κ1) is 17.9. The molecule has 0 spiro atoms. The third kappa shape index (κ3) is 3.51. The maximum Gasteiger partial charge on any atom is 0.253 e. The van der Waals surface area contributed by atoms with Crippen LogP contribution in [0.25, 0.3) is 10.2 Å². The minimum Gasteiger partial charge on any atom is -0.356 e. The van der Waals surface area contributed by atoms with E-state index in [-0.39, 0.29) is 18.3 Å². The molecule has 7 heteroatoms. The summed E-state index contributed by atoms with van der Waals surface area (Å²) in [6.07, 6.45) is 5.06. The number of thiophene rings is 1. The average molecular weight is 384 g/mol. The van der Waals surface area contributed by atoms with Crippen molar-refractivity contribution in [3.63, 3.8) is 0 Å². The molecule has 3 heterocycles. The number of hydrogen-bond acceptors (Lipinski definition) is 5. The molecule has 1 saturated heterocycles. The van der Waals surface area contributed by atoms with E-state index in [0.717, 1.165) is 46.8 Å². The van der Waals surface area contributed by atoms with Gasteiger partial charge in [0.2, 0.25) is 0 Å². The first-order valence-electron chi connectivity index (χ1n) is 9.16. The highest BCUT2D eigenvalue weighted by molar-refractivity contribution is 7.19. The number of fused-ring (bicyclic) bond motifs is 1. The molecule has 1 amide bonds. The molecule has 0 bridgehead atoms. The van der Waals surface area contributed by atoms with E-state index in [4.69, 9.17) is 0 Å². The summed E-state index contributed by atoms with van der Waals surface area (Å²) in [6.45, 7) is 3.95. The lowest BCUT2D eigenvalue weighted by Gasteiger charge is -2.28. The van der Waals surface area contributed by atoms with E-state index >= 15 is 0 Å². The number of halogens is 1. The molecule has 0 aliphatic carbocycles. The molecule has 0 unspecified atom stereocenters. The van der Waals surface area contributed by atoms with E-state index in [1.165, 1.54) is 23.8 Å². The summed E-state index contributed by atoms with van der Waals surface area (Å²) in [6, 6.07) is 6.48. The zero-order valence-electron chi connectivity index (χ0n) is 15.2. The normalized spacial score (nSPS) is 14.5. The van der Waals surface area contributed by atoms with E-state index in [0.29, 0.717) is 11.1 Å². The minimum absolute atomic E-state index is 0.148. The Kier molecular flexibility index (Phi) is 5.03. The van der Waals surface area contributed by atoms with Crippen molar-refractivity contribution >= 4 is 33.3 Å². The Labute approximate surface area is 161 Å². The van der Waals surface area contributed by atoms with Crippen molar-refractivity contribution in [2.24, 2.45) is 0 Å². The molecule has 1 fully saturated rings. The molecule has 4 rings (SSSR count). The van der Waals surface area contributed by atoms with E-state index in [2.05, 4.69) is 20.2 Å². The van der Waals surface area contributed by atoms with Crippen LogP contribution >= 0.6 is 11.3 Å². The first-order valence-corrected chi connectivity index (χ1v) is 9.97. The van der Waals surface area contributed by atoms with Crippen molar-refractivity contribution in [2.45, 2.75) is 32.7 Å². The van der Waals surface area contributed by atoms with Gasteiger partial charge in [0.1, 0.15) is 22.8 Å². The summed E-state index contributed by atoms with van der Waals surface area (Å²) in [5.41, 5.74) is 1.07. The lowest BCUT2D eigenvalue weighted by atomic mass is 10.1. The van der Waals surface area contributed by atoms with Gasteiger partial charge in [-0.15, -0.1) is 11.3 Å². The van der Waals surface area contributed by atoms with Gasteiger partial charge in [-0.25, -0.2) is 14.4 Å². The quantitative estimate of drug-likeness (QED) is 0.737. The van der Waals surface area contributed by atoms with Crippen LogP contribution in [0.3, 0.4) is 0 Å². The Hall–Kier alpha value is -2.54. The summed E-state index contributed by atoms with van der Waals surface area (Å²) >= 11 is 1.50. The van der Waals surface area contributed by atoms with Gasteiger partial charge in [-0.2, -0.15) is 0 Å². The first-order chi connectivity index (χ1) is 13.1. The number of aryl methyl sites for hydroxylation is 1. The van der Waals surface area contributed by atoms with Gasteiger partial charge in [0.25, 0.3) is 5.91 Å². The fourth-order valence-electron chi connectivity index (χ4n) is 3.55. The molecular formula is C20H21FN4OS. The van der Waals surface area contributed by atoms with Crippen LogP contribution in [-0.2, 0) is 6.54 Å². The van der Waals surface area contributed by atoms with E-state index < -0.39 is 0 Å². The zero-order valence-corrected chi connectivity index (χ0v) is 16.0. The van der Waals surface area contributed by atoms with Crippen LogP contribution in [0.5, 0.6) is 0 Å². The second-order valence-electron chi connectivity index (χ2n) is 6.73. The number of benzene rings is 1. The molecule has 1 aliphatic rings. The number of amides is 1. The Balaban J connectivity index is 1.67. The van der Waals surface area contributed by atoms with Crippen molar-refractivity contribution in [3.05, 3.63) is 52.4 Å². The van der Waals surface area contributed by atoms with Crippen LogP contribution in [0.2, 0.25) is 0 Å². The Morgan fingerprint density at radius 1 is 1.22 bits per heavy atom. The van der Waals surface area contributed by atoms with Gasteiger partial charge in [-0.05, 0) is 32.3 Å². The number of hydrogen-bond donors (Lipinski definition) is 1. The van der Waals surface area contributed by atoms with Crippen LogP contribution in [-0.4, -0.2) is 29.0 Å². The zero-order chi connectivity index (χ0) is 18.8. The summed E-state index contributed by atoms with van der Waals surface area (Å²) in [7, 11) is 0.